The normalized spacial score (nSPS) is 15.0. The summed E-state index contributed by atoms with van der Waals surface area (Å²) in [7, 11) is 1.76. The van der Waals surface area contributed by atoms with Crippen LogP contribution < -0.4 is 10.6 Å². The third-order valence-corrected chi connectivity index (χ3v) is 4.34. The number of nitrogens with one attached hydrogen (secondary N) is 1. The molecule has 0 saturated heterocycles. The van der Waals surface area contributed by atoms with Crippen molar-refractivity contribution in [1.29, 1.82) is 0 Å². The van der Waals surface area contributed by atoms with Crippen molar-refractivity contribution in [3.63, 3.8) is 0 Å². The van der Waals surface area contributed by atoms with E-state index in [0.717, 1.165) is 23.6 Å². The fraction of sp³-hybridized carbons (Fsp3) is 0.385. The topological polar surface area (TPSA) is 104 Å². The molecule has 0 radical (unpaired) electrons. The first-order chi connectivity index (χ1) is 10.7. The average Bonchev–Trinajstić information content (AvgIpc) is 3.03. The predicted molar refractivity (Wildman–Crippen MR) is 86.3 cm³/mol. The van der Waals surface area contributed by atoms with Crippen LogP contribution in [0.15, 0.2) is 23.8 Å². The Bertz CT molecular complexity index is 713. The summed E-state index contributed by atoms with van der Waals surface area (Å²) in [5.74, 6) is 1.53. The van der Waals surface area contributed by atoms with Gasteiger partial charge in [0, 0.05) is 38.6 Å². The third kappa shape index (κ3) is 2.77. The predicted octanol–water partition coefficient (Wildman–Crippen LogP) is 0.165. The van der Waals surface area contributed by atoms with Gasteiger partial charge in [0.25, 0.3) is 5.91 Å². The highest BCUT2D eigenvalue weighted by Gasteiger charge is 2.22. The van der Waals surface area contributed by atoms with E-state index in [-0.39, 0.29) is 5.91 Å². The summed E-state index contributed by atoms with van der Waals surface area (Å²) in [6.07, 6.45) is 4.91. The van der Waals surface area contributed by atoms with E-state index < -0.39 is 0 Å². The molecule has 9 heteroatoms. The first kappa shape index (κ1) is 14.8. The summed E-state index contributed by atoms with van der Waals surface area (Å²) in [6.45, 7) is 1.76. The smallest absolute Gasteiger partial charge is 0.261 e. The third-order valence-electron chi connectivity index (χ3n) is 3.36. The molecule has 116 valence electrons. The molecule has 0 unspecified atom stereocenters. The SMILES string of the molecule is CN(CCN)C(=O)C1=CN(c2ncnc3nc[nH]c23)CCS1. The molecule has 0 fully saturated rings. The maximum Gasteiger partial charge on any atom is 0.261 e. The minimum Gasteiger partial charge on any atom is -0.340 e. The van der Waals surface area contributed by atoms with E-state index in [4.69, 9.17) is 5.73 Å². The van der Waals surface area contributed by atoms with Crippen LogP contribution in [0, 0.1) is 0 Å². The first-order valence-electron chi connectivity index (χ1n) is 6.91. The average molecular weight is 319 g/mol. The molecule has 2 aromatic rings. The number of hydrogen-bond acceptors (Lipinski definition) is 7. The zero-order chi connectivity index (χ0) is 15.5. The second-order valence-corrected chi connectivity index (χ2v) is 5.99. The molecule has 1 aliphatic heterocycles. The number of fused-ring (bicyclic) bond motifs is 1. The molecule has 3 N–H and O–H groups in total. The van der Waals surface area contributed by atoms with Gasteiger partial charge in [-0.15, -0.1) is 11.8 Å². The van der Waals surface area contributed by atoms with Crippen LogP contribution >= 0.6 is 11.8 Å². The van der Waals surface area contributed by atoms with Crippen LogP contribution in [0.5, 0.6) is 0 Å². The number of nitrogens with two attached hydrogens (primary N) is 1. The Balaban J connectivity index is 1.90. The molecule has 8 nitrogen and oxygen atoms in total. The monoisotopic (exact) mass is 319 g/mol. The first-order valence-corrected chi connectivity index (χ1v) is 7.90. The van der Waals surface area contributed by atoms with Crippen LogP contribution in [0.3, 0.4) is 0 Å². The van der Waals surface area contributed by atoms with Crippen molar-refractivity contribution in [3.8, 4) is 0 Å². The zero-order valence-corrected chi connectivity index (χ0v) is 13.0. The van der Waals surface area contributed by atoms with E-state index in [1.54, 1.807) is 30.0 Å². The van der Waals surface area contributed by atoms with Crippen LogP contribution in [0.25, 0.3) is 11.2 Å². The van der Waals surface area contributed by atoms with Gasteiger partial charge in [-0.3, -0.25) is 4.79 Å². The molecule has 0 spiro atoms. The van der Waals surface area contributed by atoms with Crippen molar-refractivity contribution >= 4 is 34.7 Å². The number of carbonyl (C=O) groups is 1. The van der Waals surface area contributed by atoms with Crippen LogP contribution in [-0.2, 0) is 4.79 Å². The van der Waals surface area contributed by atoms with E-state index in [1.807, 2.05) is 11.1 Å². The van der Waals surface area contributed by atoms with Crippen molar-refractivity contribution in [3.05, 3.63) is 23.8 Å². The zero-order valence-electron chi connectivity index (χ0n) is 12.2. The lowest BCUT2D eigenvalue weighted by Crippen LogP contribution is -2.35. The van der Waals surface area contributed by atoms with Gasteiger partial charge < -0.3 is 20.5 Å². The fourth-order valence-corrected chi connectivity index (χ4v) is 3.22. The lowest BCUT2D eigenvalue weighted by Gasteiger charge is -2.27. The van der Waals surface area contributed by atoms with Gasteiger partial charge in [0.05, 0.1) is 11.2 Å². The van der Waals surface area contributed by atoms with Crippen LogP contribution in [0.4, 0.5) is 5.82 Å². The van der Waals surface area contributed by atoms with Crippen molar-refractivity contribution in [2.75, 3.05) is 37.3 Å². The summed E-state index contributed by atoms with van der Waals surface area (Å²) in [6, 6.07) is 0. The number of rotatable bonds is 4. The molecule has 22 heavy (non-hydrogen) atoms. The highest BCUT2D eigenvalue weighted by atomic mass is 32.2. The van der Waals surface area contributed by atoms with Gasteiger partial charge in [0.15, 0.2) is 11.5 Å². The molecule has 1 amide bonds. The number of thioether (sulfide) groups is 1. The van der Waals surface area contributed by atoms with Crippen molar-refractivity contribution in [1.82, 2.24) is 24.8 Å². The maximum absolute atomic E-state index is 12.4. The summed E-state index contributed by atoms with van der Waals surface area (Å²) in [5, 5.41) is 0. The van der Waals surface area contributed by atoms with E-state index in [9.17, 15) is 4.79 Å². The molecule has 1 aliphatic rings. The summed E-state index contributed by atoms with van der Waals surface area (Å²) in [4.78, 5) is 32.3. The second-order valence-electron chi connectivity index (χ2n) is 4.85. The minimum absolute atomic E-state index is 0.0185. The van der Waals surface area contributed by atoms with E-state index in [1.165, 1.54) is 6.33 Å². The number of likely N-dealkylation sites (N-methyl/N-ethyl adjacent to an activating group) is 1. The van der Waals surface area contributed by atoms with Crippen LogP contribution in [-0.4, -0.2) is 63.2 Å². The molecule has 0 atom stereocenters. The fourth-order valence-electron chi connectivity index (χ4n) is 2.23. The highest BCUT2D eigenvalue weighted by molar-refractivity contribution is 8.04. The van der Waals surface area contributed by atoms with Crippen molar-refractivity contribution < 1.29 is 4.79 Å². The molecule has 0 aromatic carbocycles. The van der Waals surface area contributed by atoms with Crippen molar-refractivity contribution in [2.24, 2.45) is 5.73 Å². The van der Waals surface area contributed by atoms with Crippen molar-refractivity contribution in [2.45, 2.75) is 0 Å². The Hall–Kier alpha value is -2.13. The largest absolute Gasteiger partial charge is 0.340 e. The van der Waals surface area contributed by atoms with Gasteiger partial charge in [-0.25, -0.2) is 15.0 Å². The van der Waals surface area contributed by atoms with Gasteiger partial charge in [-0.1, -0.05) is 0 Å². The number of imidazole rings is 1. The molecule has 0 saturated carbocycles. The number of H-pyrrole nitrogens is 1. The summed E-state index contributed by atoms with van der Waals surface area (Å²) < 4.78 is 0. The molecular formula is C13H17N7OS. The van der Waals surface area contributed by atoms with E-state index in [0.29, 0.717) is 23.6 Å². The molecular weight excluding hydrogens is 302 g/mol. The molecule has 2 aromatic heterocycles. The van der Waals surface area contributed by atoms with Crippen LogP contribution in [0.2, 0.25) is 0 Å². The number of carbonyl (C=O) groups excluding carboxylic acids is 1. The second kappa shape index (κ2) is 6.32. The molecule has 3 rings (SSSR count). The van der Waals surface area contributed by atoms with Gasteiger partial charge >= 0.3 is 0 Å². The van der Waals surface area contributed by atoms with E-state index >= 15 is 0 Å². The number of anilines is 1. The number of aromatic amines is 1. The molecule has 0 aliphatic carbocycles. The molecule has 0 bridgehead atoms. The standard InChI is InChI=1S/C13H17N7OS/c1-19(3-2-14)13(21)9-6-20(4-5-22-9)12-10-11(16-7-15-10)17-8-18-12/h6-8H,2-5,14H2,1H3,(H,15,16,17,18). The van der Waals surface area contributed by atoms with Gasteiger partial charge in [-0.2, -0.15) is 0 Å². The van der Waals surface area contributed by atoms with E-state index in [2.05, 4.69) is 19.9 Å². The summed E-state index contributed by atoms with van der Waals surface area (Å²) in [5.41, 5.74) is 6.89. The lowest BCUT2D eigenvalue weighted by molar-refractivity contribution is -0.125. The van der Waals surface area contributed by atoms with Gasteiger partial charge in [-0.05, 0) is 0 Å². The lowest BCUT2D eigenvalue weighted by atomic mass is 10.4. The Morgan fingerprint density at radius 1 is 1.50 bits per heavy atom. The number of amides is 1. The number of aromatic nitrogens is 4. The number of hydrogen-bond donors (Lipinski definition) is 2. The van der Waals surface area contributed by atoms with Crippen LogP contribution in [0.1, 0.15) is 0 Å². The number of nitrogens with zero attached hydrogens (tertiary/aromatic N) is 5. The van der Waals surface area contributed by atoms with Gasteiger partial charge in [0.1, 0.15) is 11.8 Å². The Labute approximate surface area is 131 Å². The Morgan fingerprint density at radius 3 is 3.18 bits per heavy atom. The quantitative estimate of drug-likeness (QED) is 0.827. The Morgan fingerprint density at radius 2 is 2.36 bits per heavy atom. The van der Waals surface area contributed by atoms with Gasteiger partial charge in [0.2, 0.25) is 0 Å². The minimum atomic E-state index is -0.0185. The summed E-state index contributed by atoms with van der Waals surface area (Å²) >= 11 is 1.55. The Kier molecular flexibility index (Phi) is 4.25. The maximum atomic E-state index is 12.4. The highest BCUT2D eigenvalue weighted by Crippen LogP contribution is 2.28. The molecule has 3 heterocycles.